The Labute approximate surface area is 90.0 Å². The lowest BCUT2D eigenvalue weighted by Crippen LogP contribution is -2.25. The Morgan fingerprint density at radius 2 is 2.33 bits per heavy atom. The molecule has 1 N–H and O–H groups in total. The number of hydrogen-bond donors (Lipinski definition) is 1. The highest BCUT2D eigenvalue weighted by molar-refractivity contribution is 5.77. The van der Waals surface area contributed by atoms with E-state index in [-0.39, 0.29) is 12.3 Å². The molecule has 0 aromatic carbocycles. The summed E-state index contributed by atoms with van der Waals surface area (Å²) in [6.45, 7) is 4.73. The molecule has 1 aromatic heterocycles. The van der Waals surface area contributed by atoms with E-state index in [4.69, 9.17) is 4.52 Å². The molecule has 84 valence electrons. The number of nitrogens with zero attached hydrogens (tertiary/aromatic N) is 1. The summed E-state index contributed by atoms with van der Waals surface area (Å²) in [5.74, 6) is 0.628. The van der Waals surface area contributed by atoms with E-state index in [0.717, 1.165) is 31.5 Å². The van der Waals surface area contributed by atoms with Gasteiger partial charge in [0.2, 0.25) is 5.91 Å². The second kappa shape index (κ2) is 6.22. The normalized spacial score (nSPS) is 10.3. The van der Waals surface area contributed by atoms with Gasteiger partial charge in [-0.3, -0.25) is 4.79 Å². The summed E-state index contributed by atoms with van der Waals surface area (Å²) in [5.41, 5.74) is 0.809. The third kappa shape index (κ3) is 4.63. The van der Waals surface area contributed by atoms with Crippen molar-refractivity contribution in [2.75, 3.05) is 6.54 Å². The molecule has 15 heavy (non-hydrogen) atoms. The lowest BCUT2D eigenvalue weighted by molar-refractivity contribution is -0.120. The van der Waals surface area contributed by atoms with Crippen LogP contribution in [0.2, 0.25) is 0 Å². The molecule has 0 aliphatic rings. The van der Waals surface area contributed by atoms with Crippen molar-refractivity contribution in [1.82, 2.24) is 10.5 Å². The monoisotopic (exact) mass is 210 g/mol. The quantitative estimate of drug-likeness (QED) is 0.729. The molecule has 0 saturated carbocycles. The summed E-state index contributed by atoms with van der Waals surface area (Å²) in [5, 5.41) is 6.57. The molecule has 0 saturated heterocycles. The lowest BCUT2D eigenvalue weighted by Gasteiger charge is -2.02. The van der Waals surface area contributed by atoms with E-state index < -0.39 is 0 Å². The zero-order valence-corrected chi connectivity index (χ0v) is 9.38. The Bertz CT molecular complexity index is 307. The van der Waals surface area contributed by atoms with Crippen LogP contribution < -0.4 is 5.32 Å². The lowest BCUT2D eigenvalue weighted by atomic mass is 10.2. The first-order valence-corrected chi connectivity index (χ1v) is 5.41. The maximum atomic E-state index is 11.4. The van der Waals surface area contributed by atoms with Crippen molar-refractivity contribution < 1.29 is 9.32 Å². The van der Waals surface area contributed by atoms with Gasteiger partial charge in [0.25, 0.3) is 0 Å². The molecule has 0 fully saturated rings. The Hall–Kier alpha value is -1.32. The number of carbonyl (C=O) groups excluding carboxylic acids is 1. The molecule has 0 atom stereocenters. The van der Waals surface area contributed by atoms with Gasteiger partial charge in [-0.05, 0) is 13.3 Å². The fraction of sp³-hybridized carbons (Fsp3) is 0.636. The summed E-state index contributed by atoms with van der Waals surface area (Å²) < 4.78 is 4.95. The Kier molecular flexibility index (Phi) is 4.87. The van der Waals surface area contributed by atoms with Crippen molar-refractivity contribution in [3.8, 4) is 0 Å². The van der Waals surface area contributed by atoms with Crippen LogP contribution in [0.1, 0.15) is 37.6 Å². The number of aryl methyl sites for hydroxylation is 1. The number of amides is 1. The van der Waals surface area contributed by atoms with E-state index >= 15 is 0 Å². The molecule has 4 heteroatoms. The maximum absolute atomic E-state index is 11.4. The van der Waals surface area contributed by atoms with Crippen LogP contribution in [0.15, 0.2) is 10.6 Å². The largest absolute Gasteiger partial charge is 0.361 e. The number of carbonyl (C=O) groups is 1. The van der Waals surface area contributed by atoms with Gasteiger partial charge >= 0.3 is 0 Å². The van der Waals surface area contributed by atoms with E-state index in [9.17, 15) is 4.79 Å². The fourth-order valence-electron chi connectivity index (χ4n) is 1.32. The van der Waals surface area contributed by atoms with E-state index in [1.807, 2.05) is 6.92 Å². The highest BCUT2D eigenvalue weighted by Gasteiger charge is 2.06. The van der Waals surface area contributed by atoms with E-state index in [2.05, 4.69) is 17.4 Å². The van der Waals surface area contributed by atoms with Crippen molar-refractivity contribution in [2.24, 2.45) is 0 Å². The molecule has 0 spiro atoms. The summed E-state index contributed by atoms with van der Waals surface area (Å²) in [4.78, 5) is 11.4. The van der Waals surface area contributed by atoms with Crippen molar-refractivity contribution in [2.45, 2.75) is 39.5 Å². The molecular formula is C11H18N2O2. The van der Waals surface area contributed by atoms with Gasteiger partial charge < -0.3 is 9.84 Å². The number of nitrogens with one attached hydrogen (secondary N) is 1. The van der Waals surface area contributed by atoms with Crippen molar-refractivity contribution in [1.29, 1.82) is 0 Å². The summed E-state index contributed by atoms with van der Waals surface area (Å²) in [6.07, 6.45) is 3.64. The predicted molar refractivity (Wildman–Crippen MR) is 57.5 cm³/mol. The fourth-order valence-corrected chi connectivity index (χ4v) is 1.32. The zero-order chi connectivity index (χ0) is 11.1. The SMILES string of the molecule is CCCCCNC(=O)Cc1cc(C)no1. The summed E-state index contributed by atoms with van der Waals surface area (Å²) in [6, 6.07) is 1.78. The van der Waals surface area contributed by atoms with Crippen LogP contribution in [-0.4, -0.2) is 17.6 Å². The van der Waals surface area contributed by atoms with Gasteiger partial charge in [0.05, 0.1) is 12.1 Å². The van der Waals surface area contributed by atoms with Crippen LogP contribution in [0, 0.1) is 6.92 Å². The summed E-state index contributed by atoms with van der Waals surface area (Å²) >= 11 is 0. The zero-order valence-electron chi connectivity index (χ0n) is 9.38. The van der Waals surface area contributed by atoms with Gasteiger partial charge in [-0.2, -0.15) is 0 Å². The van der Waals surface area contributed by atoms with Crippen LogP contribution in [0.5, 0.6) is 0 Å². The van der Waals surface area contributed by atoms with E-state index in [1.165, 1.54) is 0 Å². The van der Waals surface area contributed by atoms with Gasteiger partial charge in [0.15, 0.2) is 0 Å². The van der Waals surface area contributed by atoms with E-state index in [1.54, 1.807) is 6.07 Å². The van der Waals surface area contributed by atoms with Crippen molar-refractivity contribution in [3.63, 3.8) is 0 Å². The summed E-state index contributed by atoms with van der Waals surface area (Å²) in [7, 11) is 0. The van der Waals surface area contributed by atoms with Crippen LogP contribution in [0.3, 0.4) is 0 Å². The smallest absolute Gasteiger partial charge is 0.227 e. The first-order chi connectivity index (χ1) is 7.22. The van der Waals surface area contributed by atoms with E-state index in [0.29, 0.717) is 5.76 Å². The minimum Gasteiger partial charge on any atom is -0.361 e. The molecule has 1 amide bonds. The molecule has 0 bridgehead atoms. The van der Waals surface area contributed by atoms with Crippen LogP contribution >= 0.6 is 0 Å². The second-order valence-electron chi connectivity index (χ2n) is 3.67. The molecule has 0 aliphatic carbocycles. The minimum atomic E-state index is 0.00209. The Morgan fingerprint density at radius 3 is 2.93 bits per heavy atom. The Morgan fingerprint density at radius 1 is 1.53 bits per heavy atom. The minimum absolute atomic E-state index is 0.00209. The number of aromatic nitrogens is 1. The van der Waals surface area contributed by atoms with Gasteiger partial charge in [-0.1, -0.05) is 24.9 Å². The highest BCUT2D eigenvalue weighted by atomic mass is 16.5. The van der Waals surface area contributed by atoms with Gasteiger partial charge in [0, 0.05) is 12.6 Å². The molecule has 1 aromatic rings. The highest BCUT2D eigenvalue weighted by Crippen LogP contribution is 2.02. The average molecular weight is 210 g/mol. The molecule has 1 rings (SSSR count). The molecule has 1 heterocycles. The van der Waals surface area contributed by atoms with Crippen LogP contribution in [0.4, 0.5) is 0 Å². The van der Waals surface area contributed by atoms with Gasteiger partial charge in [0.1, 0.15) is 5.76 Å². The standard InChI is InChI=1S/C11H18N2O2/c1-3-4-5-6-12-11(14)8-10-7-9(2)13-15-10/h7H,3-6,8H2,1-2H3,(H,12,14). The van der Waals surface area contributed by atoms with Crippen LogP contribution in [0.25, 0.3) is 0 Å². The first-order valence-electron chi connectivity index (χ1n) is 5.41. The number of hydrogen-bond acceptors (Lipinski definition) is 3. The second-order valence-corrected chi connectivity index (χ2v) is 3.67. The van der Waals surface area contributed by atoms with Crippen molar-refractivity contribution >= 4 is 5.91 Å². The first kappa shape index (κ1) is 11.8. The van der Waals surface area contributed by atoms with Gasteiger partial charge in [-0.15, -0.1) is 0 Å². The molecule has 0 aliphatic heterocycles. The predicted octanol–water partition coefficient (Wildman–Crippen LogP) is 1.83. The third-order valence-electron chi connectivity index (χ3n) is 2.11. The third-order valence-corrected chi connectivity index (χ3v) is 2.11. The number of rotatable bonds is 6. The average Bonchev–Trinajstić information content (AvgIpc) is 2.59. The van der Waals surface area contributed by atoms with Crippen molar-refractivity contribution in [3.05, 3.63) is 17.5 Å². The topological polar surface area (TPSA) is 55.1 Å². The van der Waals surface area contributed by atoms with Crippen LogP contribution in [-0.2, 0) is 11.2 Å². The molecule has 0 unspecified atom stereocenters. The number of unbranched alkanes of at least 4 members (excludes halogenated alkanes) is 2. The maximum Gasteiger partial charge on any atom is 0.227 e. The molecular weight excluding hydrogens is 192 g/mol. The molecule has 4 nitrogen and oxygen atoms in total. The Balaban J connectivity index is 2.18. The molecule has 0 radical (unpaired) electrons. The van der Waals surface area contributed by atoms with Gasteiger partial charge in [-0.25, -0.2) is 0 Å².